The third-order valence-electron chi connectivity index (χ3n) is 5.62. The lowest BCUT2D eigenvalue weighted by molar-refractivity contribution is 0.0600. The molecule has 0 saturated carbocycles. The number of carbonyl (C=O) groups excluding carboxylic acids is 2. The third kappa shape index (κ3) is 2.99. The second-order valence-electron chi connectivity index (χ2n) is 7.10. The van der Waals surface area contributed by atoms with Crippen LogP contribution < -0.4 is 0 Å². The minimum absolute atomic E-state index is 0.0300. The largest absolute Gasteiger partial charge is 0.336 e. The number of piperidine rings is 1. The number of Topliss-reactive ketones (excluding diaryl/α,β-unsaturated/α-hetero) is 1. The Morgan fingerprint density at radius 1 is 0.760 bits per heavy atom. The highest BCUT2D eigenvalue weighted by atomic mass is 16.2. The second kappa shape index (κ2) is 6.83. The first-order valence-corrected chi connectivity index (χ1v) is 9.25. The van der Waals surface area contributed by atoms with Crippen LogP contribution in [-0.2, 0) is 0 Å². The van der Waals surface area contributed by atoms with Gasteiger partial charge in [0.2, 0.25) is 0 Å². The second-order valence-corrected chi connectivity index (χ2v) is 7.10. The van der Waals surface area contributed by atoms with E-state index in [0.29, 0.717) is 11.1 Å². The molecule has 128 valence electrons. The summed E-state index contributed by atoms with van der Waals surface area (Å²) in [5.41, 5.74) is 2.20. The predicted octanol–water partition coefficient (Wildman–Crippen LogP) is 4.44. The average molecular weight is 333 g/mol. The van der Waals surface area contributed by atoms with E-state index in [1.807, 2.05) is 59.5 Å². The van der Waals surface area contributed by atoms with E-state index in [4.69, 9.17) is 0 Å². The molecule has 2 heterocycles. The Hall–Kier alpha value is -2.42. The molecule has 2 atom stereocenters. The molecule has 1 fully saturated rings. The Kier molecular flexibility index (Phi) is 4.39. The molecule has 3 heteroatoms. The Balaban J connectivity index is 1.81. The minimum atomic E-state index is -0.169. The maximum atomic E-state index is 13.3. The number of benzene rings is 2. The van der Waals surface area contributed by atoms with Crippen molar-refractivity contribution in [1.29, 1.82) is 0 Å². The van der Waals surface area contributed by atoms with Crippen LogP contribution in [0.1, 0.15) is 64.3 Å². The lowest BCUT2D eigenvalue weighted by Gasteiger charge is -2.36. The first-order valence-electron chi connectivity index (χ1n) is 9.25. The van der Waals surface area contributed by atoms with Crippen LogP contribution in [0.5, 0.6) is 0 Å². The summed E-state index contributed by atoms with van der Waals surface area (Å²) in [7, 11) is 0. The smallest absolute Gasteiger partial charge is 0.254 e. The van der Waals surface area contributed by atoms with Crippen LogP contribution in [0.3, 0.4) is 0 Å². The van der Waals surface area contributed by atoms with Crippen LogP contribution in [0, 0.1) is 0 Å². The van der Waals surface area contributed by atoms with Gasteiger partial charge in [-0.3, -0.25) is 9.59 Å². The van der Waals surface area contributed by atoms with Crippen LogP contribution in [0.4, 0.5) is 0 Å². The molecule has 1 amide bonds. The van der Waals surface area contributed by atoms with Crippen LogP contribution in [0.15, 0.2) is 54.6 Å². The number of ketones is 1. The van der Waals surface area contributed by atoms with Gasteiger partial charge in [0.25, 0.3) is 5.91 Å². The number of hydrogen-bond donors (Lipinski definition) is 0. The lowest BCUT2D eigenvalue weighted by atomic mass is 9.85. The SMILES string of the molecule is O=C1c2ccccc2C(=O)N2CCCCC2CCC1c1ccccc1. The van der Waals surface area contributed by atoms with Crippen LogP contribution in [-0.4, -0.2) is 29.2 Å². The summed E-state index contributed by atoms with van der Waals surface area (Å²) < 4.78 is 0. The Morgan fingerprint density at radius 2 is 1.48 bits per heavy atom. The average Bonchev–Trinajstić information content (AvgIpc) is 2.72. The van der Waals surface area contributed by atoms with E-state index in [1.165, 1.54) is 6.42 Å². The maximum absolute atomic E-state index is 13.3. The van der Waals surface area contributed by atoms with Gasteiger partial charge in [0, 0.05) is 24.1 Å². The highest BCUT2D eigenvalue weighted by molar-refractivity contribution is 6.10. The third-order valence-corrected chi connectivity index (χ3v) is 5.62. The van der Waals surface area contributed by atoms with Gasteiger partial charge in [0.05, 0.1) is 5.56 Å². The lowest BCUT2D eigenvalue weighted by Crippen LogP contribution is -2.43. The molecule has 0 radical (unpaired) electrons. The molecule has 0 N–H and O–H groups in total. The van der Waals surface area contributed by atoms with Gasteiger partial charge in [-0.25, -0.2) is 0 Å². The maximum Gasteiger partial charge on any atom is 0.254 e. The molecular weight excluding hydrogens is 310 g/mol. The highest BCUT2D eigenvalue weighted by Gasteiger charge is 2.34. The molecule has 2 aliphatic heterocycles. The van der Waals surface area contributed by atoms with Gasteiger partial charge >= 0.3 is 0 Å². The first kappa shape index (κ1) is 16.1. The van der Waals surface area contributed by atoms with E-state index >= 15 is 0 Å². The van der Waals surface area contributed by atoms with Crippen molar-refractivity contribution in [2.45, 2.75) is 44.1 Å². The summed E-state index contributed by atoms with van der Waals surface area (Å²) in [6, 6.07) is 17.6. The molecule has 0 spiro atoms. The van der Waals surface area contributed by atoms with Gasteiger partial charge in [-0.05, 0) is 43.7 Å². The number of carbonyl (C=O) groups is 2. The zero-order valence-electron chi connectivity index (χ0n) is 14.4. The van der Waals surface area contributed by atoms with Crippen molar-refractivity contribution in [2.75, 3.05) is 6.54 Å². The topological polar surface area (TPSA) is 37.4 Å². The van der Waals surface area contributed by atoms with Gasteiger partial charge in [-0.15, -0.1) is 0 Å². The van der Waals surface area contributed by atoms with E-state index in [1.54, 1.807) is 0 Å². The summed E-state index contributed by atoms with van der Waals surface area (Å²) in [6.07, 6.45) is 4.96. The van der Waals surface area contributed by atoms with Gasteiger partial charge in [0.1, 0.15) is 0 Å². The molecule has 0 bridgehead atoms. The molecule has 25 heavy (non-hydrogen) atoms. The van der Waals surface area contributed by atoms with Crippen molar-refractivity contribution in [2.24, 2.45) is 0 Å². The summed E-state index contributed by atoms with van der Waals surface area (Å²) in [6.45, 7) is 0.808. The van der Waals surface area contributed by atoms with Crippen molar-refractivity contribution in [3.05, 3.63) is 71.3 Å². The summed E-state index contributed by atoms with van der Waals surface area (Å²) in [5.74, 6) is -0.0608. The van der Waals surface area contributed by atoms with Crippen molar-refractivity contribution < 1.29 is 9.59 Å². The molecule has 0 aromatic heterocycles. The van der Waals surface area contributed by atoms with Crippen molar-refractivity contribution in [1.82, 2.24) is 4.90 Å². The van der Waals surface area contributed by atoms with Crippen molar-refractivity contribution in [3.8, 4) is 0 Å². The van der Waals surface area contributed by atoms with Gasteiger partial charge in [-0.1, -0.05) is 48.5 Å². The minimum Gasteiger partial charge on any atom is -0.336 e. The fourth-order valence-electron chi connectivity index (χ4n) is 4.29. The van der Waals surface area contributed by atoms with E-state index in [9.17, 15) is 9.59 Å². The highest BCUT2D eigenvalue weighted by Crippen LogP contribution is 2.33. The van der Waals surface area contributed by atoms with Gasteiger partial charge in [-0.2, -0.15) is 0 Å². The Morgan fingerprint density at radius 3 is 2.28 bits per heavy atom. The Bertz CT molecular complexity index is 784. The molecule has 2 aromatic rings. The monoisotopic (exact) mass is 333 g/mol. The molecule has 1 saturated heterocycles. The standard InChI is InChI=1S/C22H23NO2/c24-21-18(16-8-2-1-3-9-16)14-13-17-10-6-7-15-23(17)22(25)20-12-5-4-11-19(20)21/h1-5,8-9,11-12,17-18H,6-7,10,13-15H2. The molecule has 2 aliphatic rings. The Labute approximate surface area is 148 Å². The van der Waals surface area contributed by atoms with Crippen molar-refractivity contribution >= 4 is 11.7 Å². The van der Waals surface area contributed by atoms with E-state index in [-0.39, 0.29) is 23.7 Å². The summed E-state index contributed by atoms with van der Waals surface area (Å²) >= 11 is 0. The zero-order valence-corrected chi connectivity index (χ0v) is 14.4. The fraction of sp³-hybridized carbons (Fsp3) is 0.364. The quantitative estimate of drug-likeness (QED) is 0.773. The predicted molar refractivity (Wildman–Crippen MR) is 97.9 cm³/mol. The molecule has 2 unspecified atom stereocenters. The first-order chi connectivity index (χ1) is 12.3. The normalized spacial score (nSPS) is 23.9. The van der Waals surface area contributed by atoms with Crippen LogP contribution >= 0.6 is 0 Å². The molecule has 3 nitrogen and oxygen atoms in total. The van der Waals surface area contributed by atoms with Crippen molar-refractivity contribution in [3.63, 3.8) is 0 Å². The number of nitrogens with zero attached hydrogens (tertiary/aromatic N) is 1. The fourth-order valence-corrected chi connectivity index (χ4v) is 4.29. The van der Waals surface area contributed by atoms with E-state index in [2.05, 4.69) is 0 Å². The zero-order chi connectivity index (χ0) is 17.2. The molecular formula is C22H23NO2. The molecule has 2 aromatic carbocycles. The van der Waals surface area contributed by atoms with Crippen LogP contribution in [0.25, 0.3) is 0 Å². The number of hydrogen-bond acceptors (Lipinski definition) is 2. The summed E-state index contributed by atoms with van der Waals surface area (Å²) in [4.78, 5) is 28.5. The molecule has 0 aliphatic carbocycles. The number of rotatable bonds is 1. The van der Waals surface area contributed by atoms with E-state index < -0.39 is 0 Å². The number of fused-ring (bicyclic) bond motifs is 2. The van der Waals surface area contributed by atoms with E-state index in [0.717, 1.165) is 37.8 Å². The van der Waals surface area contributed by atoms with Gasteiger partial charge < -0.3 is 4.90 Å². The summed E-state index contributed by atoms with van der Waals surface area (Å²) in [5, 5.41) is 0. The van der Waals surface area contributed by atoms with Crippen LogP contribution in [0.2, 0.25) is 0 Å². The number of amides is 1. The molecule has 4 rings (SSSR count). The van der Waals surface area contributed by atoms with Gasteiger partial charge in [0.15, 0.2) is 5.78 Å².